The van der Waals surface area contributed by atoms with E-state index >= 15 is 0 Å². The van der Waals surface area contributed by atoms with E-state index in [1.807, 2.05) is 6.92 Å². The number of H-pyrrole nitrogens is 1. The van der Waals surface area contributed by atoms with Crippen LogP contribution in [0.15, 0.2) is 32.2 Å². The van der Waals surface area contributed by atoms with Crippen molar-refractivity contribution >= 4 is 40.0 Å². The number of halogens is 1. The number of carbonyl (C=O) groups is 1. The van der Waals surface area contributed by atoms with Gasteiger partial charge in [0.2, 0.25) is 0 Å². The first-order chi connectivity index (χ1) is 13.8. The number of hydrogen-bond acceptors (Lipinski definition) is 5. The van der Waals surface area contributed by atoms with Gasteiger partial charge in [-0.3, -0.25) is 24.0 Å². The smallest absolute Gasteiger partial charge is 0.330 e. The van der Waals surface area contributed by atoms with Gasteiger partial charge in [0.05, 0.1) is 0 Å². The number of nitrogen functional groups attached to an aromatic ring is 1. The monoisotopic (exact) mass is 418 g/mol. The number of anilines is 2. The van der Waals surface area contributed by atoms with Gasteiger partial charge in [-0.15, -0.1) is 0 Å². The van der Waals surface area contributed by atoms with Crippen molar-refractivity contribution in [2.45, 2.75) is 40.2 Å². The van der Waals surface area contributed by atoms with E-state index in [0.717, 1.165) is 6.42 Å². The molecule has 0 unspecified atom stereocenters. The van der Waals surface area contributed by atoms with Gasteiger partial charge in [0.1, 0.15) is 11.4 Å². The topological polar surface area (TPSA) is 114 Å². The molecule has 0 aliphatic heterocycles. The summed E-state index contributed by atoms with van der Waals surface area (Å²) in [6.45, 7) is 5.95. The van der Waals surface area contributed by atoms with Crippen molar-refractivity contribution in [3.05, 3.63) is 55.4 Å². The zero-order valence-corrected chi connectivity index (χ0v) is 17.3. The van der Waals surface area contributed by atoms with Crippen molar-refractivity contribution in [3.63, 3.8) is 0 Å². The second-order valence-corrected chi connectivity index (χ2v) is 7.18. The fourth-order valence-corrected chi connectivity index (χ4v) is 3.47. The first-order valence-corrected chi connectivity index (χ1v) is 9.81. The van der Waals surface area contributed by atoms with E-state index in [1.54, 1.807) is 32.0 Å². The van der Waals surface area contributed by atoms with Crippen LogP contribution in [-0.2, 0) is 6.54 Å². The SMILES string of the molecule is CCCCn1c(N)c(N(CC)C(=O)c2oc3ccc(Cl)cc3c2C)c(=O)[nH]c1=O. The molecule has 1 aromatic carbocycles. The van der Waals surface area contributed by atoms with Gasteiger partial charge in [-0.1, -0.05) is 24.9 Å². The summed E-state index contributed by atoms with van der Waals surface area (Å²) >= 11 is 6.05. The maximum Gasteiger partial charge on any atom is 0.330 e. The third-order valence-electron chi connectivity index (χ3n) is 4.87. The molecule has 0 radical (unpaired) electrons. The summed E-state index contributed by atoms with van der Waals surface area (Å²) in [4.78, 5) is 41.5. The highest BCUT2D eigenvalue weighted by molar-refractivity contribution is 6.31. The number of aromatic amines is 1. The van der Waals surface area contributed by atoms with Crippen molar-refractivity contribution in [3.8, 4) is 0 Å². The van der Waals surface area contributed by atoms with Crippen molar-refractivity contribution in [1.82, 2.24) is 9.55 Å². The highest BCUT2D eigenvalue weighted by Crippen LogP contribution is 2.30. The van der Waals surface area contributed by atoms with Gasteiger partial charge >= 0.3 is 5.69 Å². The minimum absolute atomic E-state index is 0.0424. The van der Waals surface area contributed by atoms with Gasteiger partial charge in [0.25, 0.3) is 11.5 Å². The number of benzene rings is 1. The number of amides is 1. The largest absolute Gasteiger partial charge is 0.451 e. The summed E-state index contributed by atoms with van der Waals surface area (Å²) in [5.41, 5.74) is 5.90. The average Bonchev–Trinajstić information content (AvgIpc) is 3.00. The molecule has 0 bridgehead atoms. The Kier molecular flexibility index (Phi) is 5.83. The summed E-state index contributed by atoms with van der Waals surface area (Å²) in [6, 6.07) is 5.07. The Morgan fingerprint density at radius 2 is 2.03 bits per heavy atom. The minimum atomic E-state index is -0.716. The van der Waals surface area contributed by atoms with Gasteiger partial charge in [-0.05, 0) is 38.5 Å². The number of aromatic nitrogens is 2. The molecule has 3 aromatic rings. The highest BCUT2D eigenvalue weighted by atomic mass is 35.5. The molecule has 2 aromatic heterocycles. The van der Waals surface area contributed by atoms with Crippen LogP contribution in [0.5, 0.6) is 0 Å². The van der Waals surface area contributed by atoms with Crippen LogP contribution >= 0.6 is 11.6 Å². The fourth-order valence-electron chi connectivity index (χ4n) is 3.30. The first-order valence-electron chi connectivity index (χ1n) is 9.43. The maximum atomic E-state index is 13.3. The summed E-state index contributed by atoms with van der Waals surface area (Å²) in [6.07, 6.45) is 1.55. The van der Waals surface area contributed by atoms with Crippen LogP contribution in [0.25, 0.3) is 11.0 Å². The first kappa shape index (κ1) is 20.7. The number of carbonyl (C=O) groups excluding carboxylic acids is 1. The number of nitrogens with two attached hydrogens (primary N) is 1. The number of aryl methyl sites for hydroxylation is 1. The van der Waals surface area contributed by atoms with Gasteiger partial charge in [-0.2, -0.15) is 0 Å². The zero-order chi connectivity index (χ0) is 21.3. The molecule has 29 heavy (non-hydrogen) atoms. The Morgan fingerprint density at radius 3 is 2.69 bits per heavy atom. The van der Waals surface area contributed by atoms with Crippen molar-refractivity contribution in [1.29, 1.82) is 0 Å². The molecule has 0 saturated heterocycles. The Hall–Kier alpha value is -3.00. The zero-order valence-electron chi connectivity index (χ0n) is 16.5. The molecule has 0 aliphatic rings. The molecule has 8 nitrogen and oxygen atoms in total. The maximum absolute atomic E-state index is 13.3. The molecule has 0 spiro atoms. The summed E-state index contributed by atoms with van der Waals surface area (Å²) in [5, 5.41) is 1.24. The summed E-state index contributed by atoms with van der Waals surface area (Å²) < 4.78 is 7.03. The van der Waals surface area contributed by atoms with Crippen LogP contribution in [-0.4, -0.2) is 22.0 Å². The fraction of sp³-hybridized carbons (Fsp3) is 0.350. The van der Waals surface area contributed by atoms with Crippen LogP contribution < -0.4 is 21.9 Å². The predicted molar refractivity (Wildman–Crippen MR) is 114 cm³/mol. The standard InChI is InChI=1S/C20H23ClN4O4/c1-4-6-9-25-17(22)15(18(26)23-20(25)28)24(5-2)19(27)16-11(3)13-10-12(21)7-8-14(13)29-16/h7-8,10H,4-6,9,22H2,1-3H3,(H,23,26,28). The molecule has 0 saturated carbocycles. The van der Waals surface area contributed by atoms with Crippen LogP contribution in [0.1, 0.15) is 42.8 Å². The van der Waals surface area contributed by atoms with E-state index in [-0.39, 0.29) is 23.8 Å². The molecule has 154 valence electrons. The second-order valence-electron chi connectivity index (χ2n) is 6.74. The normalized spacial score (nSPS) is 11.2. The van der Waals surface area contributed by atoms with Gasteiger partial charge < -0.3 is 10.2 Å². The van der Waals surface area contributed by atoms with Crippen molar-refractivity contribution in [2.75, 3.05) is 17.2 Å². The van der Waals surface area contributed by atoms with E-state index in [0.29, 0.717) is 34.5 Å². The lowest BCUT2D eigenvalue weighted by Gasteiger charge is -2.22. The van der Waals surface area contributed by atoms with Gasteiger partial charge in [-0.25, -0.2) is 4.79 Å². The Balaban J connectivity index is 2.13. The third-order valence-corrected chi connectivity index (χ3v) is 5.11. The molecule has 0 atom stereocenters. The highest BCUT2D eigenvalue weighted by Gasteiger charge is 2.28. The molecular formula is C20H23ClN4O4. The Labute approximate surface area is 171 Å². The molecular weight excluding hydrogens is 396 g/mol. The lowest BCUT2D eigenvalue weighted by molar-refractivity contribution is 0.0962. The third kappa shape index (κ3) is 3.67. The van der Waals surface area contributed by atoms with Gasteiger partial charge in [0.15, 0.2) is 11.4 Å². The minimum Gasteiger partial charge on any atom is -0.451 e. The molecule has 3 rings (SSSR count). The quantitative estimate of drug-likeness (QED) is 0.637. The van der Waals surface area contributed by atoms with Crippen LogP contribution in [0.2, 0.25) is 5.02 Å². The van der Waals surface area contributed by atoms with E-state index < -0.39 is 17.2 Å². The van der Waals surface area contributed by atoms with E-state index in [9.17, 15) is 14.4 Å². The van der Waals surface area contributed by atoms with Crippen LogP contribution in [0, 0.1) is 6.92 Å². The average molecular weight is 419 g/mol. The van der Waals surface area contributed by atoms with Crippen LogP contribution in [0.4, 0.5) is 11.5 Å². The van der Waals surface area contributed by atoms with Gasteiger partial charge in [0, 0.05) is 29.1 Å². The predicted octanol–water partition coefficient (Wildman–Crippen LogP) is 3.29. The lowest BCUT2D eigenvalue weighted by Crippen LogP contribution is -2.41. The molecule has 9 heteroatoms. The van der Waals surface area contributed by atoms with Crippen LogP contribution in [0.3, 0.4) is 0 Å². The molecule has 2 heterocycles. The van der Waals surface area contributed by atoms with E-state index in [2.05, 4.69) is 4.98 Å². The molecule has 0 aliphatic carbocycles. The number of hydrogen-bond donors (Lipinski definition) is 2. The van der Waals surface area contributed by atoms with E-state index in [4.69, 9.17) is 21.8 Å². The van der Waals surface area contributed by atoms with E-state index in [1.165, 1.54) is 9.47 Å². The second kappa shape index (κ2) is 8.16. The number of nitrogens with one attached hydrogen (secondary N) is 1. The number of fused-ring (bicyclic) bond motifs is 1. The number of rotatable bonds is 6. The molecule has 1 amide bonds. The molecule has 0 fully saturated rings. The van der Waals surface area contributed by atoms with Crippen molar-refractivity contribution < 1.29 is 9.21 Å². The summed E-state index contributed by atoms with van der Waals surface area (Å²) in [7, 11) is 0. The number of nitrogens with zero attached hydrogens (tertiary/aromatic N) is 2. The summed E-state index contributed by atoms with van der Waals surface area (Å²) in [5.74, 6) is -0.469. The lowest BCUT2D eigenvalue weighted by atomic mass is 10.1. The van der Waals surface area contributed by atoms with Crippen molar-refractivity contribution in [2.24, 2.45) is 0 Å². The number of unbranched alkanes of at least 4 members (excludes halogenated alkanes) is 1. The Morgan fingerprint density at radius 1 is 1.31 bits per heavy atom. The Bertz CT molecular complexity index is 1190. The number of furan rings is 1. The molecule has 3 N–H and O–H groups in total.